The van der Waals surface area contributed by atoms with Crippen LogP contribution in [0, 0.1) is 0 Å². The number of amides is 1. The van der Waals surface area contributed by atoms with Gasteiger partial charge in [-0.15, -0.1) is 0 Å². The Morgan fingerprint density at radius 3 is 2.57 bits per heavy atom. The van der Waals surface area contributed by atoms with E-state index >= 15 is 0 Å². The molecule has 1 aromatic carbocycles. The van der Waals surface area contributed by atoms with Crippen LogP contribution in [0.2, 0.25) is 0 Å². The quantitative estimate of drug-likeness (QED) is 0.796. The number of hydrogen-bond donors (Lipinski definition) is 1. The molecule has 8 nitrogen and oxygen atoms in total. The van der Waals surface area contributed by atoms with E-state index in [2.05, 4.69) is 10.4 Å². The molecule has 0 atom stereocenters. The van der Waals surface area contributed by atoms with Gasteiger partial charge in [-0.05, 0) is 31.9 Å². The third-order valence-electron chi connectivity index (χ3n) is 4.77. The minimum atomic E-state index is -3.84. The van der Waals surface area contributed by atoms with Crippen LogP contribution in [-0.2, 0) is 16.6 Å². The van der Waals surface area contributed by atoms with Crippen molar-refractivity contribution in [1.29, 1.82) is 0 Å². The molecule has 28 heavy (non-hydrogen) atoms. The number of methoxy groups -OCH3 is 1. The summed E-state index contributed by atoms with van der Waals surface area (Å²) in [6.45, 7) is 3.23. The van der Waals surface area contributed by atoms with Crippen LogP contribution in [0.4, 0.5) is 5.69 Å². The van der Waals surface area contributed by atoms with Crippen molar-refractivity contribution in [3.05, 3.63) is 36.0 Å². The third kappa shape index (κ3) is 4.36. The first-order valence-electron chi connectivity index (χ1n) is 9.48. The maximum Gasteiger partial charge on any atom is 0.263 e. The van der Waals surface area contributed by atoms with Gasteiger partial charge in [0, 0.05) is 37.6 Å². The minimum absolute atomic E-state index is 0.0499. The number of carbonyl (C=O) groups is 1. The lowest BCUT2D eigenvalue weighted by Crippen LogP contribution is -2.33. The van der Waals surface area contributed by atoms with Gasteiger partial charge in [-0.25, -0.2) is 8.42 Å². The lowest BCUT2D eigenvalue weighted by Gasteiger charge is -2.19. The molecule has 1 saturated heterocycles. The van der Waals surface area contributed by atoms with Crippen molar-refractivity contribution >= 4 is 21.6 Å². The molecule has 152 valence electrons. The van der Waals surface area contributed by atoms with Gasteiger partial charge < -0.3 is 10.1 Å². The van der Waals surface area contributed by atoms with Gasteiger partial charge in [0.1, 0.15) is 5.75 Å². The average molecular weight is 407 g/mol. The van der Waals surface area contributed by atoms with Gasteiger partial charge in [-0.1, -0.05) is 18.9 Å². The molecular formula is C19H26N4O4S. The monoisotopic (exact) mass is 406 g/mol. The fourth-order valence-corrected chi connectivity index (χ4v) is 4.83. The highest BCUT2D eigenvalue weighted by Gasteiger charge is 2.33. The summed E-state index contributed by atoms with van der Waals surface area (Å²) < 4.78 is 34.5. The summed E-state index contributed by atoms with van der Waals surface area (Å²) in [5.41, 5.74) is 0.570. The minimum Gasteiger partial charge on any atom is -0.497 e. The Morgan fingerprint density at radius 2 is 1.93 bits per heavy atom. The van der Waals surface area contributed by atoms with Crippen LogP contribution in [0.1, 0.15) is 43.0 Å². The first kappa shape index (κ1) is 20.3. The second-order valence-corrected chi connectivity index (χ2v) is 8.56. The number of aromatic nitrogens is 2. The van der Waals surface area contributed by atoms with Crippen molar-refractivity contribution in [3.63, 3.8) is 0 Å². The highest BCUT2D eigenvalue weighted by Crippen LogP contribution is 2.24. The highest BCUT2D eigenvalue weighted by atomic mass is 32.2. The van der Waals surface area contributed by atoms with Gasteiger partial charge in [-0.3, -0.25) is 9.48 Å². The summed E-state index contributed by atoms with van der Waals surface area (Å²) in [6, 6.07) is 6.90. The Bertz CT molecular complexity index is 931. The smallest absolute Gasteiger partial charge is 0.263 e. The standard InChI is InChI=1S/C19H26N4O4S/c1-3-22-14-17(18(24)20-15-9-8-10-16(13-15)27-2)19(21-22)28(25,26)23-11-6-4-5-7-12-23/h8-10,13-14H,3-7,11-12H2,1-2H3,(H,20,24). The van der Waals surface area contributed by atoms with E-state index in [1.807, 2.05) is 6.92 Å². The molecule has 1 amide bonds. The molecule has 0 bridgehead atoms. The van der Waals surface area contributed by atoms with E-state index in [9.17, 15) is 13.2 Å². The number of ether oxygens (including phenoxy) is 1. The van der Waals surface area contributed by atoms with E-state index < -0.39 is 15.9 Å². The summed E-state index contributed by atoms with van der Waals surface area (Å²) in [4.78, 5) is 12.9. The second-order valence-electron chi connectivity index (χ2n) is 6.71. The lowest BCUT2D eigenvalue weighted by atomic mass is 10.2. The highest BCUT2D eigenvalue weighted by molar-refractivity contribution is 7.89. The molecule has 9 heteroatoms. The molecule has 0 saturated carbocycles. The average Bonchev–Trinajstić information content (AvgIpc) is 2.95. The van der Waals surface area contributed by atoms with Gasteiger partial charge in [0.25, 0.3) is 15.9 Å². The second kappa shape index (κ2) is 8.74. The zero-order valence-corrected chi connectivity index (χ0v) is 17.0. The molecule has 0 spiro atoms. The predicted octanol–water partition coefficient (Wildman–Crippen LogP) is 2.73. The van der Waals surface area contributed by atoms with Gasteiger partial charge >= 0.3 is 0 Å². The zero-order valence-electron chi connectivity index (χ0n) is 16.2. The number of nitrogens with zero attached hydrogens (tertiary/aromatic N) is 3. The van der Waals surface area contributed by atoms with Crippen molar-refractivity contribution in [3.8, 4) is 5.75 Å². The Kier molecular flexibility index (Phi) is 6.35. The van der Waals surface area contributed by atoms with Crippen LogP contribution in [-0.4, -0.2) is 48.6 Å². The Labute approximate surface area is 165 Å². The van der Waals surface area contributed by atoms with E-state index in [4.69, 9.17) is 4.74 Å². The summed E-state index contributed by atoms with van der Waals surface area (Å²) in [5.74, 6) is 0.0841. The first-order chi connectivity index (χ1) is 13.5. The zero-order chi connectivity index (χ0) is 20.1. The maximum absolute atomic E-state index is 13.2. The SMILES string of the molecule is CCn1cc(C(=O)Nc2cccc(OC)c2)c(S(=O)(=O)N2CCCCCC2)n1. The van der Waals surface area contributed by atoms with E-state index in [1.54, 1.807) is 24.3 Å². The molecule has 0 aliphatic carbocycles. The number of sulfonamides is 1. The van der Waals surface area contributed by atoms with Crippen molar-refractivity contribution in [2.24, 2.45) is 0 Å². The fraction of sp³-hybridized carbons (Fsp3) is 0.474. The molecule has 2 aromatic rings. The number of benzene rings is 1. The molecule has 1 N–H and O–H groups in total. The Hall–Kier alpha value is -2.39. The molecule has 1 aliphatic rings. The van der Waals surface area contributed by atoms with Crippen LogP contribution in [0.15, 0.2) is 35.5 Å². The number of rotatable bonds is 6. The number of carbonyl (C=O) groups excluding carboxylic acids is 1. The summed E-state index contributed by atoms with van der Waals surface area (Å²) >= 11 is 0. The molecule has 3 rings (SSSR count). The van der Waals surface area contributed by atoms with Crippen LogP contribution in [0.5, 0.6) is 5.75 Å². The lowest BCUT2D eigenvalue weighted by molar-refractivity contribution is 0.102. The van der Waals surface area contributed by atoms with E-state index in [0.29, 0.717) is 31.1 Å². The fourth-order valence-electron chi connectivity index (χ4n) is 3.22. The van der Waals surface area contributed by atoms with Crippen LogP contribution < -0.4 is 10.1 Å². The van der Waals surface area contributed by atoms with E-state index in [0.717, 1.165) is 25.7 Å². The molecule has 1 aliphatic heterocycles. The maximum atomic E-state index is 13.2. The Morgan fingerprint density at radius 1 is 1.21 bits per heavy atom. The van der Waals surface area contributed by atoms with E-state index in [-0.39, 0.29) is 10.6 Å². The molecule has 1 fully saturated rings. The van der Waals surface area contributed by atoms with Gasteiger partial charge in [0.05, 0.1) is 12.7 Å². The number of anilines is 1. The number of aryl methyl sites for hydroxylation is 1. The number of nitrogens with one attached hydrogen (secondary N) is 1. The third-order valence-corrected chi connectivity index (χ3v) is 6.61. The summed E-state index contributed by atoms with van der Waals surface area (Å²) in [7, 11) is -2.30. The van der Waals surface area contributed by atoms with Gasteiger partial charge in [-0.2, -0.15) is 9.40 Å². The van der Waals surface area contributed by atoms with Crippen LogP contribution in [0.25, 0.3) is 0 Å². The molecule has 1 aromatic heterocycles. The predicted molar refractivity (Wildman–Crippen MR) is 106 cm³/mol. The van der Waals surface area contributed by atoms with Crippen LogP contribution >= 0.6 is 0 Å². The van der Waals surface area contributed by atoms with Crippen molar-refractivity contribution in [2.45, 2.75) is 44.2 Å². The van der Waals surface area contributed by atoms with Crippen molar-refractivity contribution in [2.75, 3.05) is 25.5 Å². The van der Waals surface area contributed by atoms with Gasteiger partial charge in [0.15, 0.2) is 0 Å². The van der Waals surface area contributed by atoms with Crippen LogP contribution in [0.3, 0.4) is 0 Å². The van der Waals surface area contributed by atoms with Crippen molar-refractivity contribution < 1.29 is 17.9 Å². The normalized spacial score (nSPS) is 15.8. The molecular weight excluding hydrogens is 380 g/mol. The molecule has 0 unspecified atom stereocenters. The number of hydrogen-bond acceptors (Lipinski definition) is 5. The molecule has 0 radical (unpaired) electrons. The van der Waals surface area contributed by atoms with Gasteiger partial charge in [0.2, 0.25) is 5.03 Å². The van der Waals surface area contributed by atoms with E-state index in [1.165, 1.54) is 22.3 Å². The topological polar surface area (TPSA) is 93.5 Å². The summed E-state index contributed by atoms with van der Waals surface area (Å²) in [6.07, 6.45) is 5.15. The van der Waals surface area contributed by atoms with Crippen molar-refractivity contribution in [1.82, 2.24) is 14.1 Å². The largest absolute Gasteiger partial charge is 0.497 e. The first-order valence-corrected chi connectivity index (χ1v) is 10.9. The summed E-state index contributed by atoms with van der Waals surface area (Å²) in [5, 5.41) is 6.76. The molecule has 2 heterocycles. The Balaban J connectivity index is 1.92.